The maximum Gasteiger partial charge on any atom is 0.242 e. The molecule has 7 heteroatoms. The predicted octanol–water partition coefficient (Wildman–Crippen LogP) is 2.68. The van der Waals surface area contributed by atoms with Gasteiger partial charge in [-0.25, -0.2) is 4.39 Å². The molecule has 0 aliphatic heterocycles. The zero-order valence-corrected chi connectivity index (χ0v) is 13.4. The van der Waals surface area contributed by atoms with Gasteiger partial charge in [0.2, 0.25) is 5.91 Å². The number of rotatable bonds is 5. The fraction of sp³-hybridized carbons (Fsp3) is 0.176. The number of halogens is 2. The minimum absolute atomic E-state index is 0.0000845. The van der Waals surface area contributed by atoms with Crippen LogP contribution in [-0.4, -0.2) is 27.4 Å². The van der Waals surface area contributed by atoms with Crippen molar-refractivity contribution in [2.45, 2.75) is 12.6 Å². The van der Waals surface area contributed by atoms with Crippen LogP contribution in [0.5, 0.6) is 0 Å². The molecule has 2 aromatic carbocycles. The van der Waals surface area contributed by atoms with E-state index in [2.05, 4.69) is 10.4 Å². The molecular weight excluding hydrogens is 333 g/mol. The fourth-order valence-corrected chi connectivity index (χ4v) is 2.61. The van der Waals surface area contributed by atoms with Crippen LogP contribution in [0.3, 0.4) is 0 Å². The van der Waals surface area contributed by atoms with Gasteiger partial charge >= 0.3 is 0 Å². The monoisotopic (exact) mass is 347 g/mol. The van der Waals surface area contributed by atoms with Crippen molar-refractivity contribution >= 4 is 28.4 Å². The summed E-state index contributed by atoms with van der Waals surface area (Å²) in [6.07, 6.45) is 1.68. The number of carbonyl (C=O) groups excluding carboxylic acids is 1. The molecule has 2 N–H and O–H groups in total. The van der Waals surface area contributed by atoms with Crippen LogP contribution in [0.1, 0.15) is 11.6 Å². The molecule has 1 amide bonds. The van der Waals surface area contributed by atoms with Gasteiger partial charge in [-0.2, -0.15) is 5.10 Å². The number of fused-ring (bicyclic) bond motifs is 1. The normalized spacial score (nSPS) is 12.3. The molecule has 24 heavy (non-hydrogen) atoms. The Morgan fingerprint density at radius 2 is 2.12 bits per heavy atom. The Hall–Kier alpha value is -2.44. The summed E-state index contributed by atoms with van der Waals surface area (Å²) in [6, 6.07) is 11.0. The van der Waals surface area contributed by atoms with Gasteiger partial charge in [-0.15, -0.1) is 0 Å². The number of amides is 1. The number of aliphatic hydroxyl groups excluding tert-OH is 1. The smallest absolute Gasteiger partial charge is 0.242 e. The van der Waals surface area contributed by atoms with Crippen molar-refractivity contribution in [3.63, 3.8) is 0 Å². The number of aliphatic hydroxyl groups is 1. The summed E-state index contributed by atoms with van der Waals surface area (Å²) in [4.78, 5) is 12.2. The lowest BCUT2D eigenvalue weighted by Crippen LogP contribution is -2.33. The van der Waals surface area contributed by atoms with Crippen LogP contribution in [0, 0.1) is 5.82 Å². The Morgan fingerprint density at radius 3 is 2.88 bits per heavy atom. The first-order chi connectivity index (χ1) is 11.6. The lowest BCUT2D eigenvalue weighted by molar-refractivity contribution is -0.122. The van der Waals surface area contributed by atoms with Gasteiger partial charge < -0.3 is 10.4 Å². The summed E-state index contributed by atoms with van der Waals surface area (Å²) >= 11 is 5.65. The second-order valence-electron chi connectivity index (χ2n) is 5.34. The quantitative estimate of drug-likeness (QED) is 0.745. The van der Waals surface area contributed by atoms with Crippen molar-refractivity contribution in [1.82, 2.24) is 15.1 Å². The van der Waals surface area contributed by atoms with Gasteiger partial charge in [0.05, 0.1) is 29.4 Å². The largest absolute Gasteiger partial charge is 0.394 e. The molecule has 0 aliphatic carbocycles. The zero-order chi connectivity index (χ0) is 17.1. The van der Waals surface area contributed by atoms with Crippen LogP contribution < -0.4 is 5.32 Å². The third-order valence-electron chi connectivity index (χ3n) is 3.71. The van der Waals surface area contributed by atoms with E-state index < -0.39 is 11.9 Å². The van der Waals surface area contributed by atoms with Gasteiger partial charge in [-0.05, 0) is 23.8 Å². The van der Waals surface area contributed by atoms with Gasteiger partial charge in [-0.3, -0.25) is 9.48 Å². The number of nitrogens with one attached hydrogen (secondary N) is 1. The molecule has 0 saturated carbocycles. The lowest BCUT2D eigenvalue weighted by atomic mass is 10.1. The molecule has 1 atom stereocenters. The molecule has 124 valence electrons. The minimum Gasteiger partial charge on any atom is -0.394 e. The molecule has 5 nitrogen and oxygen atoms in total. The highest BCUT2D eigenvalue weighted by Gasteiger charge is 2.16. The second-order valence-corrected chi connectivity index (χ2v) is 5.74. The lowest BCUT2D eigenvalue weighted by Gasteiger charge is -2.17. The summed E-state index contributed by atoms with van der Waals surface area (Å²) in [5.74, 6) is -0.932. The number of aromatic nitrogens is 2. The maximum atomic E-state index is 13.6. The van der Waals surface area contributed by atoms with Crippen molar-refractivity contribution in [2.24, 2.45) is 0 Å². The van der Waals surface area contributed by atoms with Crippen LogP contribution in [0.15, 0.2) is 48.7 Å². The number of hydrogen-bond acceptors (Lipinski definition) is 3. The summed E-state index contributed by atoms with van der Waals surface area (Å²) in [5.41, 5.74) is 1.28. The van der Waals surface area contributed by atoms with Crippen molar-refractivity contribution in [1.29, 1.82) is 0 Å². The molecule has 0 aliphatic rings. The van der Waals surface area contributed by atoms with Crippen LogP contribution in [-0.2, 0) is 11.3 Å². The Labute approximate surface area is 142 Å². The number of hydrogen-bond donors (Lipinski definition) is 2. The van der Waals surface area contributed by atoms with Gasteiger partial charge in [0.1, 0.15) is 12.4 Å². The first-order valence-corrected chi connectivity index (χ1v) is 7.72. The predicted molar refractivity (Wildman–Crippen MR) is 89.1 cm³/mol. The first-order valence-electron chi connectivity index (χ1n) is 7.34. The van der Waals surface area contributed by atoms with Gasteiger partial charge in [-0.1, -0.05) is 35.9 Å². The average molecular weight is 348 g/mol. The van der Waals surface area contributed by atoms with E-state index in [0.29, 0.717) is 5.56 Å². The third-order valence-corrected chi connectivity index (χ3v) is 4.01. The van der Waals surface area contributed by atoms with E-state index in [0.717, 1.165) is 10.9 Å². The van der Waals surface area contributed by atoms with Crippen LogP contribution in [0.4, 0.5) is 4.39 Å². The standard InChI is InChI=1S/C17H15ClFN3O2/c18-13-6-5-11(7-14(13)19)15(10-23)21-17(24)9-22-16-4-2-1-3-12(16)8-20-22/h1-8,15,23H,9-10H2,(H,21,24). The van der Waals surface area contributed by atoms with Gasteiger partial charge in [0.15, 0.2) is 0 Å². The van der Waals surface area contributed by atoms with Crippen LogP contribution >= 0.6 is 11.6 Å². The maximum absolute atomic E-state index is 13.6. The van der Waals surface area contributed by atoms with Crippen LogP contribution in [0.2, 0.25) is 5.02 Å². The highest BCUT2D eigenvalue weighted by Crippen LogP contribution is 2.20. The summed E-state index contributed by atoms with van der Waals surface area (Å²) in [6.45, 7) is -0.354. The van der Waals surface area contributed by atoms with Gasteiger partial charge in [0, 0.05) is 5.39 Å². The highest BCUT2D eigenvalue weighted by atomic mass is 35.5. The molecule has 0 spiro atoms. The van der Waals surface area contributed by atoms with Crippen LogP contribution in [0.25, 0.3) is 10.9 Å². The van der Waals surface area contributed by atoms with E-state index in [9.17, 15) is 14.3 Å². The average Bonchev–Trinajstić information content (AvgIpc) is 2.98. The van der Waals surface area contributed by atoms with E-state index in [1.165, 1.54) is 12.1 Å². The fourth-order valence-electron chi connectivity index (χ4n) is 2.49. The molecule has 1 heterocycles. The second kappa shape index (κ2) is 6.98. The Bertz CT molecular complexity index is 881. The van der Waals surface area contributed by atoms with Crippen molar-refractivity contribution < 1.29 is 14.3 Å². The topological polar surface area (TPSA) is 67.2 Å². The van der Waals surface area contributed by atoms with Crippen molar-refractivity contribution in [3.8, 4) is 0 Å². The van der Waals surface area contributed by atoms with Crippen molar-refractivity contribution in [2.75, 3.05) is 6.61 Å². The van der Waals surface area contributed by atoms with E-state index in [4.69, 9.17) is 11.6 Å². The van der Waals surface area contributed by atoms with Crippen molar-refractivity contribution in [3.05, 3.63) is 65.1 Å². The van der Waals surface area contributed by atoms with Gasteiger partial charge in [0.25, 0.3) is 0 Å². The molecule has 1 aromatic heterocycles. The van der Waals surface area contributed by atoms with E-state index in [1.807, 2.05) is 24.3 Å². The summed E-state index contributed by atoms with van der Waals surface area (Å²) in [5, 5.41) is 17.3. The molecule has 1 unspecified atom stereocenters. The Morgan fingerprint density at radius 1 is 1.33 bits per heavy atom. The molecule has 0 bridgehead atoms. The third kappa shape index (κ3) is 3.39. The Kier molecular flexibility index (Phi) is 4.78. The molecule has 0 radical (unpaired) electrons. The van der Waals surface area contributed by atoms with E-state index in [1.54, 1.807) is 16.9 Å². The molecular formula is C17H15ClFN3O2. The molecule has 3 aromatic rings. The minimum atomic E-state index is -0.717. The molecule has 0 fully saturated rings. The highest BCUT2D eigenvalue weighted by molar-refractivity contribution is 6.30. The van der Waals surface area contributed by atoms with E-state index >= 15 is 0 Å². The number of para-hydroxylation sites is 1. The first kappa shape index (κ1) is 16.4. The number of nitrogens with zero attached hydrogens (tertiary/aromatic N) is 2. The molecule has 0 saturated heterocycles. The Balaban J connectivity index is 1.73. The number of carbonyl (C=O) groups is 1. The SMILES string of the molecule is O=C(Cn1ncc2ccccc21)NC(CO)c1ccc(Cl)c(F)c1. The summed E-state index contributed by atoms with van der Waals surface area (Å²) < 4.78 is 15.1. The molecule has 3 rings (SSSR count). The zero-order valence-electron chi connectivity index (χ0n) is 12.6. The summed E-state index contributed by atoms with van der Waals surface area (Å²) in [7, 11) is 0. The number of benzene rings is 2. The van der Waals surface area contributed by atoms with E-state index in [-0.39, 0.29) is 24.1 Å².